The smallest absolute Gasteiger partial charge is 0.0556 e. The van der Waals surface area contributed by atoms with E-state index in [9.17, 15) is 5.21 Å². The van der Waals surface area contributed by atoms with E-state index in [-0.39, 0.29) is 6.04 Å². The second-order valence-electron chi connectivity index (χ2n) is 6.92. The number of hydroxylamine groups is 1. The second-order valence-corrected chi connectivity index (χ2v) is 6.92. The average molecular weight is 354 g/mol. The summed E-state index contributed by atoms with van der Waals surface area (Å²) in [5.41, 5.74) is 5.84. The van der Waals surface area contributed by atoms with Crippen molar-refractivity contribution in [3.05, 3.63) is 59.8 Å². The van der Waals surface area contributed by atoms with E-state index in [4.69, 9.17) is 0 Å². The molecule has 2 atom stereocenters. The molecule has 2 aliphatic heterocycles. The highest BCUT2D eigenvalue weighted by Crippen LogP contribution is 2.30. The summed E-state index contributed by atoms with van der Waals surface area (Å²) in [6.45, 7) is 6.17. The first-order chi connectivity index (χ1) is 12.8. The first kappa shape index (κ1) is 18.9. The summed E-state index contributed by atoms with van der Waals surface area (Å²) in [4.78, 5) is 0. The molecule has 1 fully saturated rings. The van der Waals surface area contributed by atoms with Crippen LogP contribution in [-0.2, 0) is 6.42 Å². The van der Waals surface area contributed by atoms with E-state index >= 15 is 0 Å². The van der Waals surface area contributed by atoms with Crippen molar-refractivity contribution in [3.8, 4) is 0 Å². The van der Waals surface area contributed by atoms with Gasteiger partial charge in [-0.1, -0.05) is 56.3 Å². The minimum Gasteiger partial charge on any atom is -0.317 e. The number of hydrogen-bond donors (Lipinski definition) is 3. The lowest BCUT2D eigenvalue weighted by Crippen LogP contribution is -2.36. The second kappa shape index (κ2) is 9.17. The fourth-order valence-electron chi connectivity index (χ4n) is 4.01. The van der Waals surface area contributed by atoms with Gasteiger partial charge in [0.25, 0.3) is 0 Å². The van der Waals surface area contributed by atoms with Gasteiger partial charge in [0, 0.05) is 6.20 Å². The van der Waals surface area contributed by atoms with Crippen molar-refractivity contribution in [1.29, 1.82) is 0 Å². The molecule has 140 valence electrons. The number of hydrazine groups is 1. The normalized spacial score (nSPS) is 23.2. The van der Waals surface area contributed by atoms with Crippen LogP contribution in [0, 0.1) is 5.92 Å². The minimum atomic E-state index is 0.180. The standard InChI is InChI=1S/C20H25N3O.C2H6/c24-23-14-19(17-6-3-10-21-11-9-17)20(22-23)13-15-7-8-16-4-1-2-5-18(16)12-15;1-2/h1-2,4-5,7-8,12,14,17,20-22,24H,3,6,9-11,13H2;1-2H3. The van der Waals surface area contributed by atoms with Crippen LogP contribution in [0.4, 0.5) is 0 Å². The molecular formula is C22H31N3O. The zero-order valence-electron chi connectivity index (χ0n) is 15.9. The minimum absolute atomic E-state index is 0.180. The van der Waals surface area contributed by atoms with Gasteiger partial charge in [-0.15, -0.1) is 0 Å². The monoisotopic (exact) mass is 353 g/mol. The predicted molar refractivity (Wildman–Crippen MR) is 108 cm³/mol. The quantitative estimate of drug-likeness (QED) is 0.772. The summed E-state index contributed by atoms with van der Waals surface area (Å²) in [5.74, 6) is 0.551. The lowest BCUT2D eigenvalue weighted by atomic mass is 9.86. The molecule has 0 bridgehead atoms. The first-order valence-corrected chi connectivity index (χ1v) is 9.94. The van der Waals surface area contributed by atoms with Gasteiger partial charge in [0.1, 0.15) is 0 Å². The van der Waals surface area contributed by atoms with Crippen molar-refractivity contribution in [2.75, 3.05) is 13.1 Å². The van der Waals surface area contributed by atoms with Crippen LogP contribution >= 0.6 is 0 Å². The average Bonchev–Trinajstić information content (AvgIpc) is 2.88. The molecule has 4 nitrogen and oxygen atoms in total. The third-order valence-corrected chi connectivity index (χ3v) is 5.26. The summed E-state index contributed by atoms with van der Waals surface area (Å²) in [6.07, 6.45) is 6.34. The molecule has 0 amide bonds. The van der Waals surface area contributed by atoms with E-state index in [0.29, 0.717) is 5.92 Å². The Morgan fingerprint density at radius 1 is 1.04 bits per heavy atom. The number of rotatable bonds is 3. The van der Waals surface area contributed by atoms with Crippen LogP contribution in [0.1, 0.15) is 38.7 Å². The van der Waals surface area contributed by atoms with E-state index in [1.54, 1.807) is 0 Å². The topological polar surface area (TPSA) is 47.5 Å². The van der Waals surface area contributed by atoms with E-state index < -0.39 is 0 Å². The predicted octanol–water partition coefficient (Wildman–Crippen LogP) is 4.26. The Bertz CT molecular complexity index is 735. The van der Waals surface area contributed by atoms with Crippen molar-refractivity contribution < 1.29 is 5.21 Å². The summed E-state index contributed by atoms with van der Waals surface area (Å²) in [6, 6.07) is 15.3. The molecule has 2 unspecified atom stereocenters. The molecule has 4 heteroatoms. The highest BCUT2D eigenvalue weighted by atomic mass is 16.5. The Hall–Kier alpha value is -1.88. The van der Waals surface area contributed by atoms with Crippen molar-refractivity contribution in [2.24, 2.45) is 5.92 Å². The summed E-state index contributed by atoms with van der Waals surface area (Å²) < 4.78 is 0. The maximum atomic E-state index is 9.95. The molecule has 0 spiro atoms. The van der Waals surface area contributed by atoms with Crippen LogP contribution < -0.4 is 10.7 Å². The first-order valence-electron chi connectivity index (χ1n) is 9.94. The van der Waals surface area contributed by atoms with Crippen molar-refractivity contribution >= 4 is 10.8 Å². The van der Waals surface area contributed by atoms with Crippen LogP contribution in [-0.4, -0.2) is 29.5 Å². The number of nitrogens with zero attached hydrogens (tertiary/aromatic N) is 1. The maximum Gasteiger partial charge on any atom is 0.0556 e. The number of benzene rings is 2. The highest BCUT2D eigenvalue weighted by molar-refractivity contribution is 5.83. The summed E-state index contributed by atoms with van der Waals surface area (Å²) in [7, 11) is 0. The Labute approximate surface area is 156 Å². The van der Waals surface area contributed by atoms with Gasteiger partial charge in [0.15, 0.2) is 0 Å². The molecule has 0 radical (unpaired) electrons. The van der Waals surface area contributed by atoms with Gasteiger partial charge >= 0.3 is 0 Å². The Balaban J connectivity index is 0.000000948. The molecule has 2 aromatic carbocycles. The van der Waals surface area contributed by atoms with E-state index in [1.807, 2.05) is 20.0 Å². The van der Waals surface area contributed by atoms with Gasteiger partial charge in [0.05, 0.1) is 6.04 Å². The third-order valence-electron chi connectivity index (χ3n) is 5.26. The van der Waals surface area contributed by atoms with Gasteiger partial charge in [0.2, 0.25) is 0 Å². The zero-order chi connectivity index (χ0) is 18.4. The molecule has 4 rings (SSSR count). The van der Waals surface area contributed by atoms with Crippen LogP contribution in [0.25, 0.3) is 10.8 Å². The van der Waals surface area contributed by atoms with Crippen LogP contribution in [0.2, 0.25) is 0 Å². The van der Waals surface area contributed by atoms with Crippen LogP contribution in [0.3, 0.4) is 0 Å². The molecule has 2 aliphatic rings. The lowest BCUT2D eigenvalue weighted by molar-refractivity contribution is -0.0839. The fourth-order valence-corrected chi connectivity index (χ4v) is 4.01. The summed E-state index contributed by atoms with van der Waals surface area (Å²) >= 11 is 0. The third kappa shape index (κ3) is 4.44. The van der Waals surface area contributed by atoms with Crippen molar-refractivity contribution in [1.82, 2.24) is 15.9 Å². The molecule has 2 heterocycles. The number of nitrogens with one attached hydrogen (secondary N) is 2. The summed E-state index contributed by atoms with van der Waals surface area (Å²) in [5, 5.41) is 17.1. The molecule has 0 aliphatic carbocycles. The number of fused-ring (bicyclic) bond motifs is 1. The number of hydrogen-bond acceptors (Lipinski definition) is 4. The van der Waals surface area contributed by atoms with Crippen LogP contribution in [0.15, 0.2) is 54.2 Å². The SMILES string of the molecule is CC.ON1C=C(C2CCCNCC2)C(Cc2ccc3ccccc3c2)N1. The van der Waals surface area contributed by atoms with E-state index in [1.165, 1.54) is 34.8 Å². The van der Waals surface area contributed by atoms with Crippen LogP contribution in [0.5, 0.6) is 0 Å². The molecule has 3 N–H and O–H groups in total. The largest absolute Gasteiger partial charge is 0.317 e. The molecule has 1 saturated heterocycles. The molecule has 0 saturated carbocycles. The van der Waals surface area contributed by atoms with Gasteiger partial charge in [-0.25, -0.2) is 5.43 Å². The van der Waals surface area contributed by atoms with E-state index in [2.05, 4.69) is 53.2 Å². The zero-order valence-corrected chi connectivity index (χ0v) is 15.9. The molecule has 0 aromatic heterocycles. The van der Waals surface area contributed by atoms with E-state index in [0.717, 1.165) is 31.1 Å². The van der Waals surface area contributed by atoms with Crippen molar-refractivity contribution in [3.63, 3.8) is 0 Å². The highest BCUT2D eigenvalue weighted by Gasteiger charge is 2.29. The molecular weight excluding hydrogens is 322 g/mol. The van der Waals surface area contributed by atoms with Gasteiger partial charge in [-0.05, 0) is 66.6 Å². The van der Waals surface area contributed by atoms with Gasteiger partial charge in [-0.3, -0.25) is 5.21 Å². The lowest BCUT2D eigenvalue weighted by Gasteiger charge is -2.22. The Morgan fingerprint density at radius 3 is 2.69 bits per heavy atom. The Kier molecular flexibility index (Phi) is 6.67. The fraction of sp³-hybridized carbons (Fsp3) is 0.455. The molecule has 26 heavy (non-hydrogen) atoms. The van der Waals surface area contributed by atoms with Gasteiger partial charge < -0.3 is 5.32 Å². The van der Waals surface area contributed by atoms with Gasteiger partial charge in [-0.2, -0.15) is 5.17 Å². The maximum absolute atomic E-state index is 9.95. The Morgan fingerprint density at radius 2 is 1.85 bits per heavy atom. The van der Waals surface area contributed by atoms with Crippen molar-refractivity contribution in [2.45, 2.75) is 45.6 Å². The molecule has 2 aromatic rings.